The summed E-state index contributed by atoms with van der Waals surface area (Å²) >= 11 is 0. The molecule has 1 aromatic carbocycles. The predicted molar refractivity (Wildman–Crippen MR) is 60.9 cm³/mol. The molecule has 0 bridgehead atoms. The van der Waals surface area contributed by atoms with Gasteiger partial charge in [0.2, 0.25) is 0 Å². The van der Waals surface area contributed by atoms with Crippen molar-refractivity contribution in [3.8, 4) is 11.5 Å². The molecule has 0 aliphatic carbocycles. The van der Waals surface area contributed by atoms with Crippen molar-refractivity contribution in [2.24, 2.45) is 0 Å². The Labute approximate surface area is 107 Å². The molecule has 0 atom stereocenters. The summed E-state index contributed by atoms with van der Waals surface area (Å²) in [5.41, 5.74) is -0.864. The van der Waals surface area contributed by atoms with Gasteiger partial charge in [0.15, 0.2) is 11.5 Å². The van der Waals surface area contributed by atoms with Crippen LogP contribution in [-0.2, 0) is 4.74 Å². The lowest BCUT2D eigenvalue weighted by molar-refractivity contribution is 0.0439. The van der Waals surface area contributed by atoms with E-state index in [4.69, 9.17) is 9.47 Å². The van der Waals surface area contributed by atoms with Gasteiger partial charge in [-0.2, -0.15) is 0 Å². The molecule has 1 aliphatic heterocycles. The molecule has 0 aromatic heterocycles. The van der Waals surface area contributed by atoms with Gasteiger partial charge >= 0.3 is 17.9 Å². The highest BCUT2D eigenvalue weighted by Crippen LogP contribution is 2.39. The van der Waals surface area contributed by atoms with Crippen LogP contribution < -0.4 is 9.47 Å². The van der Waals surface area contributed by atoms with Gasteiger partial charge in [-0.05, 0) is 13.0 Å². The van der Waals surface area contributed by atoms with Crippen molar-refractivity contribution in [1.29, 1.82) is 0 Å². The molecule has 1 aromatic rings. The summed E-state index contributed by atoms with van der Waals surface area (Å²) < 4.78 is 14.6. The van der Waals surface area contributed by atoms with Crippen LogP contribution in [0.15, 0.2) is 6.07 Å². The minimum absolute atomic E-state index is 0.0599. The Balaban J connectivity index is 2.82. The lowest BCUT2D eigenvalue weighted by Crippen LogP contribution is -2.11. The zero-order chi connectivity index (χ0) is 14.2. The van der Waals surface area contributed by atoms with Crippen LogP contribution in [0.1, 0.15) is 38.0 Å². The van der Waals surface area contributed by atoms with Gasteiger partial charge in [0.05, 0.1) is 24.8 Å². The Bertz CT molecular complexity index is 588. The molecule has 0 unspecified atom stereocenters. The van der Waals surface area contributed by atoms with Crippen LogP contribution in [0.25, 0.3) is 0 Å². The maximum absolute atomic E-state index is 11.6. The fourth-order valence-electron chi connectivity index (χ4n) is 1.85. The van der Waals surface area contributed by atoms with Crippen molar-refractivity contribution < 1.29 is 33.7 Å². The summed E-state index contributed by atoms with van der Waals surface area (Å²) in [7, 11) is 1.30. The number of aromatic carboxylic acids is 1. The van der Waals surface area contributed by atoms with Gasteiger partial charge in [-0.1, -0.05) is 0 Å². The molecular weight excluding hydrogens is 256 g/mol. The molecule has 1 N–H and O–H groups in total. The van der Waals surface area contributed by atoms with Crippen LogP contribution in [0.2, 0.25) is 0 Å². The van der Waals surface area contributed by atoms with E-state index in [-0.39, 0.29) is 29.2 Å². The average molecular weight is 266 g/mol. The Kier molecular flexibility index (Phi) is 3.12. The summed E-state index contributed by atoms with van der Waals surface area (Å²) in [5, 5.41) is 9.23. The second-order valence-corrected chi connectivity index (χ2v) is 3.62. The summed E-state index contributed by atoms with van der Waals surface area (Å²) in [5.74, 6) is -3.33. The van der Waals surface area contributed by atoms with Gasteiger partial charge in [0, 0.05) is 0 Å². The molecule has 7 heteroatoms. The van der Waals surface area contributed by atoms with Crippen molar-refractivity contribution in [1.82, 2.24) is 0 Å². The number of benzene rings is 1. The number of carboxylic acids is 1. The predicted octanol–water partition coefficient (Wildman–Crippen LogP) is 1.10. The van der Waals surface area contributed by atoms with Gasteiger partial charge in [-0.25, -0.2) is 14.4 Å². The first-order chi connectivity index (χ1) is 9.01. The molecule has 0 saturated heterocycles. The van der Waals surface area contributed by atoms with Crippen molar-refractivity contribution in [3.63, 3.8) is 0 Å². The van der Waals surface area contributed by atoms with Crippen LogP contribution in [-0.4, -0.2) is 36.7 Å². The number of carbonyl (C=O) groups excluding carboxylic acids is 2. The summed E-state index contributed by atoms with van der Waals surface area (Å²) in [6.07, 6.45) is 0. The monoisotopic (exact) mass is 266 g/mol. The maximum Gasteiger partial charge on any atom is 0.347 e. The van der Waals surface area contributed by atoms with E-state index in [0.29, 0.717) is 0 Å². The Hall–Kier alpha value is -2.57. The second kappa shape index (κ2) is 4.60. The zero-order valence-corrected chi connectivity index (χ0v) is 10.2. The zero-order valence-electron chi connectivity index (χ0n) is 10.2. The molecular formula is C12H10O7. The van der Waals surface area contributed by atoms with Crippen LogP contribution in [0, 0.1) is 0 Å². The number of cyclic esters (lactones) is 2. The molecule has 7 nitrogen and oxygen atoms in total. The van der Waals surface area contributed by atoms with E-state index in [1.54, 1.807) is 6.92 Å². The highest BCUT2D eigenvalue weighted by Gasteiger charge is 2.38. The number of rotatable bonds is 4. The highest BCUT2D eigenvalue weighted by molar-refractivity contribution is 6.20. The van der Waals surface area contributed by atoms with Crippen LogP contribution >= 0.6 is 0 Å². The largest absolute Gasteiger partial charge is 0.493 e. The van der Waals surface area contributed by atoms with E-state index < -0.39 is 23.5 Å². The van der Waals surface area contributed by atoms with E-state index in [1.807, 2.05) is 0 Å². The average Bonchev–Trinajstić information content (AvgIpc) is 2.63. The first kappa shape index (κ1) is 12.9. The third kappa shape index (κ3) is 1.88. The molecule has 0 fully saturated rings. The Morgan fingerprint density at radius 1 is 1.37 bits per heavy atom. The number of esters is 2. The van der Waals surface area contributed by atoms with Crippen LogP contribution in [0.5, 0.6) is 11.5 Å². The van der Waals surface area contributed by atoms with Gasteiger partial charge in [-0.15, -0.1) is 0 Å². The Morgan fingerprint density at radius 2 is 2.05 bits per heavy atom. The number of carbonyl (C=O) groups is 3. The lowest BCUT2D eigenvalue weighted by atomic mass is 10.0. The molecule has 100 valence electrons. The summed E-state index contributed by atoms with van der Waals surface area (Å²) in [6.45, 7) is 1.83. The SMILES string of the molecule is CCOc1c(OC)cc2c(c1C(=O)O)C(=O)OC2=O. The van der Waals surface area contributed by atoms with Crippen LogP contribution in [0.4, 0.5) is 0 Å². The lowest BCUT2D eigenvalue weighted by Gasteiger charge is -2.13. The van der Waals surface area contributed by atoms with E-state index in [9.17, 15) is 19.5 Å². The molecule has 0 radical (unpaired) electrons. The van der Waals surface area contributed by atoms with Crippen molar-refractivity contribution >= 4 is 17.9 Å². The highest BCUT2D eigenvalue weighted by atomic mass is 16.6. The van der Waals surface area contributed by atoms with Gasteiger partial charge < -0.3 is 19.3 Å². The third-order valence-corrected chi connectivity index (χ3v) is 2.58. The molecule has 0 saturated carbocycles. The van der Waals surface area contributed by atoms with E-state index in [0.717, 1.165) is 0 Å². The minimum Gasteiger partial charge on any atom is -0.493 e. The molecule has 1 aliphatic rings. The normalized spacial score (nSPS) is 12.9. The molecule has 2 rings (SSSR count). The number of fused-ring (bicyclic) bond motifs is 1. The molecule has 0 amide bonds. The van der Waals surface area contributed by atoms with Crippen molar-refractivity contribution in [2.45, 2.75) is 6.92 Å². The fourth-order valence-corrected chi connectivity index (χ4v) is 1.85. The maximum atomic E-state index is 11.6. The fraction of sp³-hybridized carbons (Fsp3) is 0.250. The van der Waals surface area contributed by atoms with Gasteiger partial charge in [0.1, 0.15) is 5.56 Å². The van der Waals surface area contributed by atoms with Gasteiger partial charge in [0.25, 0.3) is 0 Å². The topological polar surface area (TPSA) is 99.1 Å². The number of methoxy groups -OCH3 is 1. The molecule has 19 heavy (non-hydrogen) atoms. The van der Waals surface area contributed by atoms with E-state index in [1.165, 1.54) is 13.2 Å². The quantitative estimate of drug-likeness (QED) is 0.643. The van der Waals surface area contributed by atoms with E-state index >= 15 is 0 Å². The smallest absolute Gasteiger partial charge is 0.347 e. The molecule has 1 heterocycles. The Morgan fingerprint density at radius 3 is 2.58 bits per heavy atom. The number of carboxylic acid groups (broad SMARTS) is 1. The number of hydrogen-bond acceptors (Lipinski definition) is 6. The van der Waals surface area contributed by atoms with Crippen molar-refractivity contribution in [3.05, 3.63) is 22.8 Å². The van der Waals surface area contributed by atoms with Crippen LogP contribution in [0.3, 0.4) is 0 Å². The first-order valence-electron chi connectivity index (χ1n) is 5.38. The third-order valence-electron chi connectivity index (χ3n) is 2.58. The summed E-state index contributed by atoms with van der Waals surface area (Å²) in [4.78, 5) is 34.3. The van der Waals surface area contributed by atoms with Crippen molar-refractivity contribution in [2.75, 3.05) is 13.7 Å². The molecule has 0 spiro atoms. The number of ether oxygens (including phenoxy) is 3. The van der Waals surface area contributed by atoms with Gasteiger partial charge in [-0.3, -0.25) is 0 Å². The first-order valence-corrected chi connectivity index (χ1v) is 5.38. The second-order valence-electron chi connectivity index (χ2n) is 3.62. The summed E-state index contributed by atoms with van der Waals surface area (Å²) in [6, 6.07) is 1.24. The van der Waals surface area contributed by atoms with E-state index in [2.05, 4.69) is 4.74 Å². The minimum atomic E-state index is -1.40. The number of hydrogen-bond donors (Lipinski definition) is 1. The standard InChI is InChI=1S/C12H10O7/c1-3-18-9-6(17-2)4-5-7(8(9)10(13)14)12(16)19-11(5)15/h4H,3H2,1-2H3,(H,13,14).